The molecular weight excluding hydrogens is 306 g/mol. The van der Waals surface area contributed by atoms with Crippen molar-refractivity contribution in [3.8, 4) is 0 Å². The van der Waals surface area contributed by atoms with E-state index in [-0.39, 0.29) is 11.3 Å². The van der Waals surface area contributed by atoms with Crippen LogP contribution < -0.4 is 9.79 Å². The van der Waals surface area contributed by atoms with Gasteiger partial charge in [-0.05, 0) is 23.8 Å². The Morgan fingerprint density at radius 1 is 1.23 bits per heavy atom. The fraction of sp³-hybridized carbons (Fsp3) is 0.143. The van der Waals surface area contributed by atoms with Crippen molar-refractivity contribution >= 4 is 21.6 Å². The van der Waals surface area contributed by atoms with Crippen LogP contribution in [-0.2, 0) is 14.8 Å². The molecule has 1 unspecified atom stereocenters. The number of sulfonamides is 1. The second kappa shape index (κ2) is 5.39. The van der Waals surface area contributed by atoms with Gasteiger partial charge in [-0.2, -0.15) is 0 Å². The molecule has 0 spiro atoms. The summed E-state index contributed by atoms with van der Waals surface area (Å²) in [4.78, 5) is 15.6. The topological polar surface area (TPSA) is 99.6 Å². The van der Waals surface area contributed by atoms with Gasteiger partial charge in [0.25, 0.3) is 10.0 Å². The average Bonchev–Trinajstić information content (AvgIpc) is 2.76. The van der Waals surface area contributed by atoms with E-state index in [9.17, 15) is 13.2 Å². The van der Waals surface area contributed by atoms with Gasteiger partial charge in [-0.25, -0.2) is 13.9 Å². The Bertz CT molecular complexity index is 808. The number of fused-ring (bicyclic) bond motifs is 1. The number of anilines is 1. The van der Waals surface area contributed by atoms with Gasteiger partial charge in [-0.1, -0.05) is 18.2 Å². The minimum absolute atomic E-state index is 0.169. The number of hydrogen-bond donors (Lipinski definition) is 2. The molecule has 22 heavy (non-hydrogen) atoms. The maximum Gasteiger partial charge on any atom is 0.265 e. The number of amides is 1. The van der Waals surface area contributed by atoms with Crippen LogP contribution in [0.1, 0.15) is 18.0 Å². The van der Waals surface area contributed by atoms with E-state index in [1.807, 2.05) is 0 Å². The first-order valence-corrected chi connectivity index (χ1v) is 7.96. The summed E-state index contributed by atoms with van der Waals surface area (Å²) in [5.41, 5.74) is 2.50. The molecule has 0 aliphatic carbocycles. The van der Waals surface area contributed by atoms with Crippen molar-refractivity contribution in [3.05, 3.63) is 54.4 Å². The molecule has 0 fully saturated rings. The van der Waals surface area contributed by atoms with Gasteiger partial charge < -0.3 is 0 Å². The smallest absolute Gasteiger partial charge is 0.265 e. The van der Waals surface area contributed by atoms with Crippen molar-refractivity contribution in [2.75, 3.05) is 4.31 Å². The highest BCUT2D eigenvalue weighted by Gasteiger charge is 2.43. The van der Waals surface area contributed by atoms with E-state index in [1.54, 1.807) is 35.8 Å². The minimum Gasteiger partial charge on any atom is -0.289 e. The lowest BCUT2D eigenvalue weighted by Gasteiger charge is -2.24. The number of nitrogens with one attached hydrogen (secondary N) is 1. The molecule has 1 aromatic heterocycles. The highest BCUT2D eigenvalue weighted by Crippen LogP contribution is 2.43. The molecule has 2 N–H and O–H groups in total. The van der Waals surface area contributed by atoms with Crippen molar-refractivity contribution in [3.63, 3.8) is 0 Å². The molecule has 1 aliphatic heterocycles. The third-order valence-corrected chi connectivity index (χ3v) is 5.43. The zero-order valence-electron chi connectivity index (χ0n) is 11.4. The second-order valence-electron chi connectivity index (χ2n) is 4.80. The molecular formula is C14H13N3O4S. The Balaban J connectivity index is 2.16. The molecule has 8 heteroatoms. The van der Waals surface area contributed by atoms with Crippen LogP contribution >= 0.6 is 0 Å². The number of hydroxylamine groups is 1. The van der Waals surface area contributed by atoms with Crippen molar-refractivity contribution in [1.82, 2.24) is 10.5 Å². The van der Waals surface area contributed by atoms with Crippen LogP contribution in [-0.4, -0.2) is 24.5 Å². The highest BCUT2D eigenvalue weighted by molar-refractivity contribution is 7.93. The molecule has 7 nitrogen and oxygen atoms in total. The van der Waals surface area contributed by atoms with Gasteiger partial charge >= 0.3 is 0 Å². The Kier molecular flexibility index (Phi) is 3.55. The fourth-order valence-corrected chi connectivity index (χ4v) is 4.50. The number of carbonyl (C=O) groups is 1. The van der Waals surface area contributed by atoms with E-state index in [2.05, 4.69) is 4.98 Å². The number of nitrogens with zero attached hydrogens (tertiary/aromatic N) is 2. The SMILES string of the molecule is O=C(CC1c2ccccc2S(=O)(=O)N1c1ccncc1)NO. The predicted octanol–water partition coefficient (Wildman–Crippen LogP) is 1.23. The summed E-state index contributed by atoms with van der Waals surface area (Å²) in [6.45, 7) is 0. The minimum atomic E-state index is -3.76. The maximum absolute atomic E-state index is 12.8. The Morgan fingerprint density at radius 2 is 1.91 bits per heavy atom. The van der Waals surface area contributed by atoms with Crippen molar-refractivity contribution < 1.29 is 18.4 Å². The van der Waals surface area contributed by atoms with E-state index < -0.39 is 22.0 Å². The van der Waals surface area contributed by atoms with Crippen LogP contribution in [0.3, 0.4) is 0 Å². The standard InChI is InChI=1S/C14H13N3O4S/c18-14(16-19)9-12-11-3-1-2-4-13(11)22(20,21)17(12)10-5-7-15-8-6-10/h1-8,12,19H,9H2,(H,16,18). The third kappa shape index (κ3) is 2.22. The van der Waals surface area contributed by atoms with Crippen LogP contribution in [0.15, 0.2) is 53.7 Å². The van der Waals surface area contributed by atoms with Gasteiger partial charge in [-0.15, -0.1) is 0 Å². The maximum atomic E-state index is 12.8. The van der Waals surface area contributed by atoms with Crippen molar-refractivity contribution in [2.45, 2.75) is 17.4 Å². The quantitative estimate of drug-likeness (QED) is 0.655. The molecule has 1 aliphatic rings. The summed E-state index contributed by atoms with van der Waals surface area (Å²) in [6, 6.07) is 8.94. The normalized spacial score (nSPS) is 18.8. The first-order chi connectivity index (χ1) is 10.6. The molecule has 0 radical (unpaired) electrons. The van der Waals surface area contributed by atoms with Gasteiger partial charge in [0.05, 0.1) is 23.0 Å². The lowest BCUT2D eigenvalue weighted by Crippen LogP contribution is -2.32. The van der Waals surface area contributed by atoms with Crippen LogP contribution in [0.2, 0.25) is 0 Å². The van der Waals surface area contributed by atoms with Crippen molar-refractivity contribution in [2.24, 2.45) is 0 Å². The molecule has 2 aromatic rings. The summed E-state index contributed by atoms with van der Waals surface area (Å²) in [7, 11) is -3.76. The van der Waals surface area contributed by atoms with Crippen molar-refractivity contribution in [1.29, 1.82) is 0 Å². The van der Waals surface area contributed by atoms with E-state index in [1.165, 1.54) is 22.8 Å². The molecule has 0 bridgehead atoms. The Hall–Kier alpha value is -2.45. The molecule has 1 atom stereocenters. The van der Waals surface area contributed by atoms with E-state index in [4.69, 9.17) is 5.21 Å². The largest absolute Gasteiger partial charge is 0.289 e. The molecule has 1 amide bonds. The highest BCUT2D eigenvalue weighted by atomic mass is 32.2. The molecule has 2 heterocycles. The van der Waals surface area contributed by atoms with Crippen LogP contribution in [0, 0.1) is 0 Å². The van der Waals surface area contributed by atoms with Gasteiger partial charge in [0.15, 0.2) is 0 Å². The van der Waals surface area contributed by atoms with E-state index in [0.717, 1.165) is 0 Å². The lowest BCUT2D eigenvalue weighted by molar-refractivity contribution is -0.129. The average molecular weight is 319 g/mol. The Labute approximate surface area is 127 Å². The van der Waals surface area contributed by atoms with E-state index >= 15 is 0 Å². The summed E-state index contributed by atoms with van der Waals surface area (Å²) in [5, 5.41) is 8.75. The number of pyridine rings is 1. The van der Waals surface area contributed by atoms with Gasteiger partial charge in [-0.3, -0.25) is 19.3 Å². The summed E-state index contributed by atoms with van der Waals surface area (Å²) in [6.07, 6.45) is 2.78. The van der Waals surface area contributed by atoms with Crippen LogP contribution in [0.25, 0.3) is 0 Å². The number of aromatic nitrogens is 1. The lowest BCUT2D eigenvalue weighted by atomic mass is 10.0. The molecule has 3 rings (SSSR count). The molecule has 0 saturated heterocycles. The number of hydrogen-bond acceptors (Lipinski definition) is 5. The molecule has 114 valence electrons. The summed E-state index contributed by atoms with van der Waals surface area (Å²) < 4.78 is 26.7. The monoisotopic (exact) mass is 319 g/mol. The zero-order valence-corrected chi connectivity index (χ0v) is 12.2. The number of rotatable bonds is 3. The number of benzene rings is 1. The van der Waals surface area contributed by atoms with Gasteiger partial charge in [0, 0.05) is 12.4 Å². The van der Waals surface area contributed by atoms with Gasteiger partial charge in [0.2, 0.25) is 5.91 Å². The third-order valence-electron chi connectivity index (χ3n) is 3.52. The van der Waals surface area contributed by atoms with Crippen LogP contribution in [0.4, 0.5) is 5.69 Å². The number of carbonyl (C=O) groups excluding carboxylic acids is 1. The summed E-state index contributed by atoms with van der Waals surface area (Å²) in [5.74, 6) is -0.657. The first kappa shape index (κ1) is 14.5. The zero-order chi connectivity index (χ0) is 15.7. The first-order valence-electron chi connectivity index (χ1n) is 6.52. The van der Waals surface area contributed by atoms with Crippen LogP contribution in [0.5, 0.6) is 0 Å². The second-order valence-corrected chi connectivity index (χ2v) is 6.58. The predicted molar refractivity (Wildman–Crippen MR) is 77.6 cm³/mol. The Morgan fingerprint density at radius 3 is 2.59 bits per heavy atom. The molecule has 1 aromatic carbocycles. The van der Waals surface area contributed by atoms with E-state index in [0.29, 0.717) is 11.3 Å². The molecule has 0 saturated carbocycles. The fourth-order valence-electron chi connectivity index (χ4n) is 2.61. The van der Waals surface area contributed by atoms with Gasteiger partial charge in [0.1, 0.15) is 0 Å². The summed E-state index contributed by atoms with van der Waals surface area (Å²) >= 11 is 0.